The third-order valence-corrected chi connectivity index (χ3v) is 4.94. The Morgan fingerprint density at radius 2 is 1.45 bits per heavy atom. The summed E-state index contributed by atoms with van der Waals surface area (Å²) in [5.41, 5.74) is 3.91. The third kappa shape index (κ3) is 8.66. The van der Waals surface area contributed by atoms with Gasteiger partial charge in [-0.2, -0.15) is 0 Å². The lowest BCUT2D eigenvalue weighted by molar-refractivity contribution is -0.140. The molecule has 2 aromatic rings. The molecule has 0 saturated heterocycles. The molecular formula is C27H31FO5. The first-order chi connectivity index (χ1) is 15.8. The van der Waals surface area contributed by atoms with Gasteiger partial charge in [-0.15, -0.1) is 0 Å². The molecule has 2 aromatic carbocycles. The Labute approximate surface area is 194 Å². The lowest BCUT2D eigenvalue weighted by Crippen LogP contribution is -2.12. The number of benzene rings is 2. The van der Waals surface area contributed by atoms with E-state index in [1.165, 1.54) is 13.2 Å². The minimum Gasteiger partial charge on any atom is -0.462 e. The van der Waals surface area contributed by atoms with Gasteiger partial charge in [0, 0.05) is 18.2 Å². The van der Waals surface area contributed by atoms with E-state index in [-0.39, 0.29) is 30.6 Å². The van der Waals surface area contributed by atoms with Crippen molar-refractivity contribution < 1.29 is 28.2 Å². The van der Waals surface area contributed by atoms with Crippen molar-refractivity contribution in [3.8, 4) is 11.1 Å². The van der Waals surface area contributed by atoms with E-state index in [1.54, 1.807) is 13.0 Å². The molecule has 33 heavy (non-hydrogen) atoms. The summed E-state index contributed by atoms with van der Waals surface area (Å²) in [5.74, 6) is -1.15. The summed E-state index contributed by atoms with van der Waals surface area (Å²) in [4.78, 5) is 23.0. The van der Waals surface area contributed by atoms with Crippen LogP contribution < -0.4 is 0 Å². The zero-order chi connectivity index (χ0) is 24.2. The number of rotatable bonds is 13. The number of aryl methyl sites for hydroxylation is 2. The first-order valence-electron chi connectivity index (χ1n) is 10.9. The predicted molar refractivity (Wildman–Crippen MR) is 126 cm³/mol. The second-order valence-electron chi connectivity index (χ2n) is 7.81. The molecular weight excluding hydrogens is 423 g/mol. The summed E-state index contributed by atoms with van der Waals surface area (Å²) in [6.07, 6.45) is 2.64. The highest BCUT2D eigenvalue weighted by atomic mass is 19.1. The van der Waals surface area contributed by atoms with E-state index in [9.17, 15) is 14.0 Å². The van der Waals surface area contributed by atoms with E-state index < -0.39 is 5.97 Å². The van der Waals surface area contributed by atoms with Crippen LogP contribution in [0.15, 0.2) is 66.8 Å². The molecule has 6 heteroatoms. The summed E-state index contributed by atoms with van der Waals surface area (Å²) in [6, 6.07) is 12.9. The molecule has 0 fully saturated rings. The van der Waals surface area contributed by atoms with Crippen LogP contribution in [0.4, 0.5) is 4.39 Å². The maximum atomic E-state index is 14.7. The van der Waals surface area contributed by atoms with Crippen molar-refractivity contribution in [2.45, 2.75) is 32.6 Å². The molecule has 0 heterocycles. The van der Waals surface area contributed by atoms with Crippen LogP contribution in [0.5, 0.6) is 0 Å². The molecule has 0 aliphatic carbocycles. The van der Waals surface area contributed by atoms with Gasteiger partial charge in [0.1, 0.15) is 5.82 Å². The Balaban J connectivity index is 1.82. The number of methoxy groups -OCH3 is 1. The van der Waals surface area contributed by atoms with Gasteiger partial charge < -0.3 is 14.2 Å². The molecule has 0 N–H and O–H groups in total. The van der Waals surface area contributed by atoms with Crippen LogP contribution in [-0.4, -0.2) is 38.9 Å². The zero-order valence-electron chi connectivity index (χ0n) is 19.3. The number of carbonyl (C=O) groups excluding carboxylic acids is 2. The normalized spacial score (nSPS) is 10.5. The Bertz CT molecular complexity index is 979. The minimum absolute atomic E-state index is 0.136. The van der Waals surface area contributed by atoms with Crippen molar-refractivity contribution in [2.75, 3.05) is 26.9 Å². The van der Waals surface area contributed by atoms with Crippen molar-refractivity contribution in [2.24, 2.45) is 0 Å². The van der Waals surface area contributed by atoms with Crippen LogP contribution in [0.25, 0.3) is 11.1 Å². The Morgan fingerprint density at radius 3 is 2.03 bits per heavy atom. The largest absolute Gasteiger partial charge is 0.462 e. The van der Waals surface area contributed by atoms with Gasteiger partial charge in [-0.25, -0.2) is 14.0 Å². The summed E-state index contributed by atoms with van der Waals surface area (Å²) >= 11 is 0. The van der Waals surface area contributed by atoms with Gasteiger partial charge in [0.05, 0.1) is 25.4 Å². The number of ether oxygens (including phenoxy) is 3. The van der Waals surface area contributed by atoms with Crippen LogP contribution in [0.1, 0.15) is 30.9 Å². The number of hydrogen-bond acceptors (Lipinski definition) is 5. The van der Waals surface area contributed by atoms with Gasteiger partial charge in [0.15, 0.2) is 0 Å². The van der Waals surface area contributed by atoms with Crippen molar-refractivity contribution >= 4 is 11.9 Å². The third-order valence-electron chi connectivity index (χ3n) is 4.94. The van der Waals surface area contributed by atoms with Gasteiger partial charge in [-0.05, 0) is 55.4 Å². The van der Waals surface area contributed by atoms with Crippen molar-refractivity contribution in [3.63, 3.8) is 0 Å². The van der Waals surface area contributed by atoms with Gasteiger partial charge >= 0.3 is 11.9 Å². The molecule has 0 amide bonds. The first-order valence-corrected chi connectivity index (χ1v) is 10.9. The number of carbonyl (C=O) groups is 2. The van der Waals surface area contributed by atoms with Crippen molar-refractivity contribution in [1.29, 1.82) is 0 Å². The van der Waals surface area contributed by atoms with Crippen LogP contribution in [0, 0.1) is 5.82 Å². The molecule has 0 radical (unpaired) electrons. The molecule has 0 aliphatic rings. The zero-order valence-corrected chi connectivity index (χ0v) is 19.3. The fourth-order valence-corrected chi connectivity index (χ4v) is 3.14. The quantitative estimate of drug-likeness (QED) is 0.236. The minimum atomic E-state index is -0.477. The second-order valence-corrected chi connectivity index (χ2v) is 7.81. The van der Waals surface area contributed by atoms with Crippen LogP contribution in [0.2, 0.25) is 0 Å². The van der Waals surface area contributed by atoms with E-state index in [4.69, 9.17) is 14.2 Å². The van der Waals surface area contributed by atoms with Gasteiger partial charge in [0.2, 0.25) is 0 Å². The number of hydrogen-bond donors (Lipinski definition) is 0. The number of esters is 2. The summed E-state index contributed by atoms with van der Waals surface area (Å²) in [7, 11) is 1.48. The molecule has 0 aromatic heterocycles. The Morgan fingerprint density at radius 1 is 0.879 bits per heavy atom. The molecule has 0 unspecified atom stereocenters. The maximum Gasteiger partial charge on any atom is 0.335 e. The SMILES string of the molecule is C=C(C)C(=O)OCCCc1ccc(-c2ccc(CCCOC(=O)C(=C)COC)cc2F)cc1. The Hall–Kier alpha value is -3.25. The van der Waals surface area contributed by atoms with Crippen LogP contribution >= 0.6 is 0 Å². The smallest absolute Gasteiger partial charge is 0.335 e. The van der Waals surface area contributed by atoms with E-state index in [0.717, 1.165) is 23.1 Å². The summed E-state index contributed by atoms with van der Waals surface area (Å²) < 4.78 is 29.8. The average molecular weight is 455 g/mol. The molecule has 2 rings (SSSR count). The molecule has 0 saturated carbocycles. The van der Waals surface area contributed by atoms with Crippen molar-refractivity contribution in [1.82, 2.24) is 0 Å². The molecule has 5 nitrogen and oxygen atoms in total. The predicted octanol–water partition coefficient (Wildman–Crippen LogP) is 5.22. The maximum absolute atomic E-state index is 14.7. The van der Waals surface area contributed by atoms with Gasteiger partial charge in [0.25, 0.3) is 0 Å². The lowest BCUT2D eigenvalue weighted by atomic mass is 9.99. The van der Waals surface area contributed by atoms with E-state index >= 15 is 0 Å². The van der Waals surface area contributed by atoms with Gasteiger partial charge in [-0.1, -0.05) is 49.6 Å². The molecule has 0 spiro atoms. The average Bonchev–Trinajstić information content (AvgIpc) is 2.80. The summed E-state index contributed by atoms with van der Waals surface area (Å²) in [6.45, 7) is 9.47. The van der Waals surface area contributed by atoms with E-state index in [2.05, 4.69) is 13.2 Å². The molecule has 0 aliphatic heterocycles. The highest BCUT2D eigenvalue weighted by Crippen LogP contribution is 2.25. The van der Waals surface area contributed by atoms with Crippen molar-refractivity contribution in [3.05, 3.63) is 83.7 Å². The monoisotopic (exact) mass is 454 g/mol. The van der Waals surface area contributed by atoms with E-state index in [1.807, 2.05) is 30.3 Å². The fourth-order valence-electron chi connectivity index (χ4n) is 3.14. The van der Waals surface area contributed by atoms with Crippen LogP contribution in [-0.2, 0) is 36.6 Å². The lowest BCUT2D eigenvalue weighted by Gasteiger charge is -2.09. The molecule has 176 valence electrons. The topological polar surface area (TPSA) is 61.8 Å². The summed E-state index contributed by atoms with van der Waals surface area (Å²) in [5, 5.41) is 0. The number of halogens is 1. The fraction of sp³-hybridized carbons (Fsp3) is 0.333. The first kappa shape index (κ1) is 26.0. The second kappa shape index (κ2) is 13.3. The standard InChI is InChI=1S/C27H31FO5/c1-19(2)26(29)32-15-5-7-21-9-12-23(13-10-21)24-14-11-22(17-25(24)28)8-6-16-33-27(30)20(3)18-31-4/h9-14,17H,1,3,5-8,15-16,18H2,2,4H3. The van der Waals surface area contributed by atoms with Gasteiger partial charge in [-0.3, -0.25) is 0 Å². The highest BCUT2D eigenvalue weighted by molar-refractivity contribution is 5.88. The highest BCUT2D eigenvalue weighted by Gasteiger charge is 2.09. The Kier molecular flexibility index (Phi) is 10.5. The van der Waals surface area contributed by atoms with Crippen LogP contribution in [0.3, 0.4) is 0 Å². The molecule has 0 bridgehead atoms. The molecule has 0 atom stereocenters. The van der Waals surface area contributed by atoms with E-state index in [0.29, 0.717) is 37.0 Å².